The van der Waals surface area contributed by atoms with Crippen molar-refractivity contribution in [1.29, 1.82) is 0 Å². The predicted molar refractivity (Wildman–Crippen MR) is 173 cm³/mol. The Bertz CT molecular complexity index is 1460. The number of carboxylic acid groups (broad SMARTS) is 3. The Kier molecular flexibility index (Phi) is 11.4. The van der Waals surface area contributed by atoms with Crippen molar-refractivity contribution in [2.45, 2.75) is 82.3 Å². The van der Waals surface area contributed by atoms with Gasteiger partial charge in [-0.25, -0.2) is 4.79 Å². The van der Waals surface area contributed by atoms with Gasteiger partial charge in [0.2, 0.25) is 11.8 Å². The van der Waals surface area contributed by atoms with Gasteiger partial charge in [0, 0.05) is 38.2 Å². The molecule has 2 aromatic rings. The lowest BCUT2D eigenvalue weighted by Gasteiger charge is -2.40. The number of aryl methyl sites for hydroxylation is 1. The molecule has 2 amide bonds. The monoisotopic (exact) mass is 651 g/mol. The van der Waals surface area contributed by atoms with Crippen molar-refractivity contribution in [2.75, 3.05) is 37.6 Å². The van der Waals surface area contributed by atoms with Crippen LogP contribution in [0.15, 0.2) is 48.5 Å². The average Bonchev–Trinajstić information content (AvgIpc) is 3.60. The van der Waals surface area contributed by atoms with Crippen LogP contribution in [0.25, 0.3) is 0 Å². The smallest absolute Gasteiger partial charge is 0.336 e. The molecule has 1 atom stereocenters. The minimum Gasteiger partial charge on any atom is -0.481 e. The summed E-state index contributed by atoms with van der Waals surface area (Å²) in [6.07, 6.45) is 3.59. The lowest BCUT2D eigenvalue weighted by Crippen LogP contribution is -2.50. The third-order valence-electron chi connectivity index (χ3n) is 9.81. The molecule has 2 aromatic carbocycles. The number of anilines is 1. The van der Waals surface area contributed by atoms with Crippen LogP contribution in [-0.2, 0) is 42.2 Å². The lowest BCUT2D eigenvalue weighted by molar-refractivity contribution is -0.170. The highest BCUT2D eigenvalue weighted by Gasteiger charge is 2.43. The number of aliphatic hydroxyl groups is 1. The van der Waals surface area contributed by atoms with E-state index in [1.165, 1.54) is 31.2 Å². The molecule has 2 heterocycles. The van der Waals surface area contributed by atoms with Gasteiger partial charge in [-0.3, -0.25) is 24.1 Å². The van der Waals surface area contributed by atoms with Crippen molar-refractivity contribution in [2.24, 2.45) is 0 Å². The van der Waals surface area contributed by atoms with Crippen molar-refractivity contribution in [3.8, 4) is 0 Å². The highest BCUT2D eigenvalue weighted by molar-refractivity contribution is 6.03. The molecule has 2 aliphatic heterocycles. The molecule has 1 fully saturated rings. The number of fused-ring (bicyclic) bond motifs is 3. The zero-order chi connectivity index (χ0) is 34.4. The molecule has 47 heavy (non-hydrogen) atoms. The first-order valence-electron chi connectivity index (χ1n) is 16.2. The molecule has 0 bridgehead atoms. The number of amides is 2. The number of carboxylic acids is 3. The van der Waals surface area contributed by atoms with Gasteiger partial charge in [0.25, 0.3) is 0 Å². The summed E-state index contributed by atoms with van der Waals surface area (Å²) in [4.78, 5) is 63.4. The minimum atomic E-state index is -2.74. The largest absolute Gasteiger partial charge is 0.481 e. The summed E-state index contributed by atoms with van der Waals surface area (Å²) >= 11 is 0. The number of carbonyl (C=O) groups excluding carboxylic acids is 2. The first kappa shape index (κ1) is 35.6. The van der Waals surface area contributed by atoms with Gasteiger partial charge >= 0.3 is 17.9 Å². The van der Waals surface area contributed by atoms with Crippen LogP contribution in [0.3, 0.4) is 0 Å². The first-order chi connectivity index (χ1) is 22.3. The average molecular weight is 652 g/mol. The maximum atomic E-state index is 13.5. The third-order valence-corrected chi connectivity index (χ3v) is 9.81. The summed E-state index contributed by atoms with van der Waals surface area (Å²) < 4.78 is 0. The Hall–Kier alpha value is -4.29. The first-order valence-corrected chi connectivity index (χ1v) is 16.2. The molecule has 5 rings (SSSR count). The van der Waals surface area contributed by atoms with E-state index in [2.05, 4.69) is 35.2 Å². The Labute approximate surface area is 274 Å². The summed E-state index contributed by atoms with van der Waals surface area (Å²) in [5, 5.41) is 33.8. The number of carbonyl (C=O) groups is 5. The Morgan fingerprint density at radius 1 is 0.851 bits per heavy atom. The van der Waals surface area contributed by atoms with Crippen LogP contribution in [0.4, 0.5) is 5.69 Å². The maximum Gasteiger partial charge on any atom is 0.336 e. The number of rotatable bonds is 11. The van der Waals surface area contributed by atoms with E-state index >= 15 is 0 Å². The predicted octanol–water partition coefficient (Wildman–Crippen LogP) is 2.93. The molecular weight excluding hydrogens is 606 g/mol. The molecule has 254 valence electrons. The molecule has 1 aliphatic carbocycles. The van der Waals surface area contributed by atoms with Crippen molar-refractivity contribution in [1.82, 2.24) is 9.80 Å². The van der Waals surface area contributed by atoms with E-state index < -0.39 is 42.4 Å². The molecule has 0 unspecified atom stereocenters. The number of hydrogen-bond donors (Lipinski definition) is 4. The number of hydrogen-bond acceptors (Lipinski definition) is 7. The van der Waals surface area contributed by atoms with Crippen LogP contribution in [0.2, 0.25) is 0 Å². The second-order valence-electron chi connectivity index (χ2n) is 12.6. The number of likely N-dealkylation sites (tertiary alicyclic amines) is 1. The lowest BCUT2D eigenvalue weighted by atomic mass is 9.74. The minimum absolute atomic E-state index is 0.0642. The molecule has 12 heteroatoms. The SMILES string of the molecule is CCN(CC)C(=O)[C@@H]1Cc2ccccc2N1C(=O)CCN1CCC2(CCc3ccccc32)CC1.O=C(O)CC(O)(CC(=O)O)C(=O)O. The number of aliphatic carboxylic acids is 3. The highest BCUT2D eigenvalue weighted by atomic mass is 16.4. The molecule has 4 N–H and O–H groups in total. The molecule has 0 saturated carbocycles. The zero-order valence-corrected chi connectivity index (χ0v) is 27.1. The third kappa shape index (κ3) is 7.99. The maximum absolute atomic E-state index is 13.5. The van der Waals surface area contributed by atoms with Crippen LogP contribution < -0.4 is 4.90 Å². The molecule has 1 saturated heterocycles. The summed E-state index contributed by atoms with van der Waals surface area (Å²) in [7, 11) is 0. The van der Waals surface area contributed by atoms with Crippen molar-refractivity contribution < 1.29 is 44.4 Å². The quantitative estimate of drug-likeness (QED) is 0.283. The topological polar surface area (TPSA) is 176 Å². The van der Waals surface area contributed by atoms with E-state index in [0.717, 1.165) is 30.9 Å². The van der Waals surface area contributed by atoms with E-state index in [9.17, 15) is 24.0 Å². The van der Waals surface area contributed by atoms with Crippen LogP contribution >= 0.6 is 0 Å². The summed E-state index contributed by atoms with van der Waals surface area (Å²) in [6.45, 7) is 8.19. The highest BCUT2D eigenvalue weighted by Crippen LogP contribution is 2.46. The van der Waals surface area contributed by atoms with Gasteiger partial charge < -0.3 is 30.2 Å². The van der Waals surface area contributed by atoms with Crippen LogP contribution in [0, 0.1) is 0 Å². The molecule has 12 nitrogen and oxygen atoms in total. The summed E-state index contributed by atoms with van der Waals surface area (Å²) in [5.74, 6) is -4.88. The van der Waals surface area contributed by atoms with Crippen molar-refractivity contribution >= 4 is 35.4 Å². The standard InChI is InChI=1S/C29H37N3O2.C6H8O7/c1-3-31(4-2)28(34)26-21-23-10-6-8-12-25(23)32(26)27(33)14-18-30-19-16-29(17-20-30)15-13-22-9-5-7-11-24(22)29;7-3(8)1-6(13,5(11)12)2-4(9)10/h5-12,26H,3-4,13-21H2,1-2H3;13H,1-2H2,(H,7,8)(H,9,10)(H,11,12)/t26-;/m0./s1. The molecule has 1 spiro atoms. The van der Waals surface area contributed by atoms with Gasteiger partial charge in [-0.2, -0.15) is 0 Å². The van der Waals surface area contributed by atoms with Crippen LogP contribution in [0.5, 0.6) is 0 Å². The Balaban J connectivity index is 0.000000328. The van der Waals surface area contributed by atoms with Gasteiger partial charge in [-0.1, -0.05) is 42.5 Å². The van der Waals surface area contributed by atoms with Gasteiger partial charge in [-0.15, -0.1) is 0 Å². The Morgan fingerprint density at radius 3 is 2.00 bits per heavy atom. The number of nitrogens with zero attached hydrogens (tertiary/aromatic N) is 3. The number of piperidine rings is 1. The molecule has 0 radical (unpaired) electrons. The number of para-hydroxylation sites is 1. The van der Waals surface area contributed by atoms with Crippen LogP contribution in [0.1, 0.15) is 69.1 Å². The van der Waals surface area contributed by atoms with Gasteiger partial charge in [-0.05, 0) is 80.8 Å². The molecular formula is C35H45N3O9. The van der Waals surface area contributed by atoms with E-state index in [0.29, 0.717) is 31.3 Å². The van der Waals surface area contributed by atoms with E-state index in [4.69, 9.17) is 20.4 Å². The van der Waals surface area contributed by atoms with Crippen molar-refractivity contribution in [3.63, 3.8) is 0 Å². The second-order valence-corrected chi connectivity index (χ2v) is 12.6. The fraction of sp³-hybridized carbons (Fsp3) is 0.514. The van der Waals surface area contributed by atoms with E-state index in [1.807, 2.05) is 36.9 Å². The number of benzene rings is 2. The number of likely N-dealkylation sites (N-methyl/N-ethyl adjacent to an activating group) is 1. The Morgan fingerprint density at radius 2 is 1.43 bits per heavy atom. The van der Waals surface area contributed by atoms with Gasteiger partial charge in [0.1, 0.15) is 6.04 Å². The second kappa shape index (κ2) is 15.1. The fourth-order valence-electron chi connectivity index (χ4n) is 7.21. The van der Waals surface area contributed by atoms with Crippen molar-refractivity contribution in [3.05, 3.63) is 65.2 Å². The van der Waals surface area contributed by atoms with Gasteiger partial charge in [0.05, 0.1) is 12.8 Å². The fourth-order valence-corrected chi connectivity index (χ4v) is 7.21. The van der Waals surface area contributed by atoms with Crippen LogP contribution in [-0.4, -0.2) is 104 Å². The zero-order valence-electron chi connectivity index (χ0n) is 27.1. The normalized spacial score (nSPS) is 18.1. The molecule has 3 aliphatic rings. The van der Waals surface area contributed by atoms with E-state index in [-0.39, 0.29) is 11.8 Å². The van der Waals surface area contributed by atoms with Gasteiger partial charge in [0.15, 0.2) is 5.60 Å². The molecule has 0 aromatic heterocycles. The summed E-state index contributed by atoms with van der Waals surface area (Å²) in [6, 6.07) is 16.6. The summed E-state index contributed by atoms with van der Waals surface area (Å²) in [5.41, 5.74) is 2.71. The van der Waals surface area contributed by atoms with E-state index in [1.54, 1.807) is 10.5 Å².